The first-order valence-electron chi connectivity index (χ1n) is 27.5. The molecule has 30 nitrogen and oxygen atoms in total. The first-order valence-corrected chi connectivity index (χ1v) is 28.9. The van der Waals surface area contributed by atoms with Crippen LogP contribution in [-0.4, -0.2) is 246 Å². The second-order valence-corrected chi connectivity index (χ2v) is 22.2. The largest absolute Gasteiger partial charge is 0.479 e. The first kappa shape index (κ1) is 67.8. The number of rotatable bonds is 34. The fraction of sp³-hybridized carbons (Fsp3) is 0.860. The van der Waals surface area contributed by atoms with E-state index in [-0.39, 0.29) is 108 Å². The van der Waals surface area contributed by atoms with Crippen molar-refractivity contribution in [2.75, 3.05) is 73.1 Å². The Morgan fingerprint density at radius 3 is 2.22 bits per heavy atom. The van der Waals surface area contributed by atoms with Crippen LogP contribution in [0, 0.1) is 17.8 Å². The number of ketones is 1. The molecule has 0 bridgehead atoms. The average Bonchev–Trinajstić information content (AvgIpc) is 4.06. The van der Waals surface area contributed by atoms with Crippen molar-refractivity contribution in [2.24, 2.45) is 17.8 Å². The number of carboxylic acid groups (broad SMARTS) is 1. The van der Waals surface area contributed by atoms with Gasteiger partial charge in [-0.2, -0.15) is 8.42 Å². The molecule has 5 rings (SSSR count). The summed E-state index contributed by atoms with van der Waals surface area (Å²) < 4.78 is 83.9. The van der Waals surface area contributed by atoms with Crippen molar-refractivity contribution in [3.63, 3.8) is 0 Å². The third-order valence-electron chi connectivity index (χ3n) is 15.1. The van der Waals surface area contributed by atoms with Gasteiger partial charge in [0.2, 0.25) is 11.8 Å². The van der Waals surface area contributed by atoms with Crippen LogP contribution < -0.4 is 16.0 Å². The number of Topliss-reactive ketones (excluding diaryl/α,β-unsaturated/α-hetero) is 1. The number of aliphatic hydroxyl groups is 6. The van der Waals surface area contributed by atoms with Gasteiger partial charge < -0.3 is 89.6 Å². The molecule has 7 unspecified atom stereocenters. The number of ether oxygens (including phenoxy) is 8. The van der Waals surface area contributed by atoms with Crippen molar-refractivity contribution in [1.29, 1.82) is 0 Å². The highest BCUT2D eigenvalue weighted by molar-refractivity contribution is 7.80. The molecule has 2 aliphatic heterocycles. The van der Waals surface area contributed by atoms with Gasteiger partial charge in [-0.3, -0.25) is 23.7 Å². The number of methoxy groups -OCH3 is 1. The van der Waals surface area contributed by atoms with Crippen LogP contribution in [0.5, 0.6) is 0 Å². The lowest BCUT2D eigenvalue weighted by molar-refractivity contribution is -0.338. The molecule has 3 amide bonds. The van der Waals surface area contributed by atoms with Gasteiger partial charge >= 0.3 is 16.4 Å². The summed E-state index contributed by atoms with van der Waals surface area (Å²) in [6, 6.07) is -1.35. The number of nitrogens with one attached hydrogen (secondary N) is 3. The summed E-state index contributed by atoms with van der Waals surface area (Å²) in [6.45, 7) is 2.55. The van der Waals surface area contributed by atoms with Gasteiger partial charge in [0.05, 0.1) is 77.4 Å². The third-order valence-corrected chi connectivity index (χ3v) is 15.5. The number of amides is 3. The number of carbonyl (C=O) groups excluding carboxylic acids is 4. The van der Waals surface area contributed by atoms with E-state index in [0.29, 0.717) is 6.42 Å². The smallest absolute Gasteiger partial charge is 0.397 e. The van der Waals surface area contributed by atoms with Crippen molar-refractivity contribution in [2.45, 2.75) is 183 Å². The van der Waals surface area contributed by atoms with Gasteiger partial charge in [0.1, 0.15) is 54.0 Å². The van der Waals surface area contributed by atoms with E-state index in [1.54, 1.807) is 0 Å². The lowest BCUT2D eigenvalue weighted by Crippen LogP contribution is -2.67. The highest BCUT2D eigenvalue weighted by atomic mass is 32.3. The normalized spacial score (nSPS) is 30.5. The number of nitrogens with zero attached hydrogens (tertiary/aromatic N) is 3. The van der Waals surface area contributed by atoms with Gasteiger partial charge in [0.25, 0.3) is 5.91 Å². The van der Waals surface area contributed by atoms with Crippen LogP contribution in [0.1, 0.15) is 108 Å². The van der Waals surface area contributed by atoms with E-state index in [1.807, 2.05) is 6.92 Å². The summed E-state index contributed by atoms with van der Waals surface area (Å²) in [5.74, 6) is -4.11. The number of aliphatic carboxylic acids is 1. The van der Waals surface area contributed by atoms with E-state index in [9.17, 15) is 68.1 Å². The Kier molecular flexibility index (Phi) is 27.5. The van der Waals surface area contributed by atoms with Gasteiger partial charge in [-0.05, 0) is 44.4 Å². The van der Waals surface area contributed by atoms with E-state index in [0.717, 1.165) is 43.0 Å². The molecule has 2 aliphatic carbocycles. The lowest BCUT2D eigenvalue weighted by Gasteiger charge is -2.49. The van der Waals surface area contributed by atoms with Crippen LogP contribution in [0.2, 0.25) is 0 Å². The second-order valence-electron chi connectivity index (χ2n) is 21.1. The van der Waals surface area contributed by atoms with Crippen LogP contribution in [0.3, 0.4) is 0 Å². The van der Waals surface area contributed by atoms with E-state index in [4.69, 9.17) is 42.4 Å². The number of hydrogen-bond donors (Lipinski definition) is 11. The molecule has 1 aromatic heterocycles. The molecule has 2 saturated carbocycles. The zero-order chi connectivity index (χ0) is 59.4. The van der Waals surface area contributed by atoms with Gasteiger partial charge in [0.15, 0.2) is 24.4 Å². The third kappa shape index (κ3) is 20.1. The van der Waals surface area contributed by atoms with Crippen molar-refractivity contribution >= 4 is 39.9 Å². The van der Waals surface area contributed by atoms with E-state index in [2.05, 4.69) is 30.4 Å². The molecule has 4 aliphatic rings. The molecule has 0 spiro atoms. The maximum absolute atomic E-state index is 14.1. The Hall–Kier alpha value is -4.00. The Balaban J connectivity index is 1.12. The molecule has 11 N–H and O–H groups in total. The molecule has 3 heterocycles. The molecule has 0 radical (unpaired) electrons. The minimum absolute atomic E-state index is 0.00419. The predicted molar refractivity (Wildman–Crippen MR) is 276 cm³/mol. The van der Waals surface area contributed by atoms with Crippen molar-refractivity contribution < 1.29 is 115 Å². The molecule has 464 valence electrons. The summed E-state index contributed by atoms with van der Waals surface area (Å²) in [7, 11) is -3.60. The van der Waals surface area contributed by atoms with Gasteiger partial charge in [-0.15, -0.1) is 5.10 Å². The summed E-state index contributed by atoms with van der Waals surface area (Å²) in [5, 5.41) is 89.9. The number of aromatic nitrogens is 3. The Labute approximate surface area is 470 Å². The summed E-state index contributed by atoms with van der Waals surface area (Å²) in [6.07, 6.45) is -9.85. The Bertz CT molecular complexity index is 2250. The van der Waals surface area contributed by atoms with Crippen molar-refractivity contribution in [1.82, 2.24) is 30.9 Å². The molecule has 81 heavy (non-hydrogen) atoms. The topological polar surface area (TPSA) is 431 Å². The minimum Gasteiger partial charge on any atom is -0.479 e. The number of carbonyl (C=O) groups is 5. The van der Waals surface area contributed by atoms with Gasteiger partial charge in [-0.1, -0.05) is 50.7 Å². The molecular formula is C50H84N6O24S. The summed E-state index contributed by atoms with van der Waals surface area (Å²) in [5.41, 5.74) is -1.81. The fourth-order valence-corrected chi connectivity index (χ4v) is 11.0. The number of carboxylic acids is 1. The molecule has 4 fully saturated rings. The first-order chi connectivity index (χ1) is 38.5. The SMILES string of the molecule is CCC1CC(C(=O)CCCNC(=O)CCOCCOCCNC(=O)c2cn(C(CO)(COC)COS(=O)(=O)O)nn2)C[C@@H](O[C@@H]2O[C@@H](CO)[C@H](O)C(O[C@@H](CC3CCCCC3)C(=O)O)C2NC(C)=O)[C@@H]1O[C@@H]1OC(C)[C@@H](O)[C@H](O)C1O. The molecule has 1 aromatic rings. The van der Waals surface area contributed by atoms with Crippen molar-refractivity contribution in [3.8, 4) is 0 Å². The zero-order valence-corrected chi connectivity index (χ0v) is 47.0. The minimum atomic E-state index is -4.87. The number of hydrogen-bond acceptors (Lipinski definition) is 24. The van der Waals surface area contributed by atoms with Crippen LogP contribution in [-0.2, 0) is 77.2 Å². The van der Waals surface area contributed by atoms with Crippen molar-refractivity contribution in [3.05, 3.63) is 11.9 Å². The standard InChI is InChI=1S/C50H84N6O24S/c1-5-31-21-32(34(60)12-9-14-51-38(61)13-16-73-18-19-74-17-15-52-46(66)33-23-56(55-54-33)50(25-58,26-72-4)27-75-81(69,70)71)22-35(44(31)80-49-43(65)42(64)40(62)28(2)76-49)78-48-39(53-29(3)59)45(41(63)37(24-57)79-48)77-36(47(67)68)20-30-10-7-6-8-11-30/h23,28,30-32,35-37,39-45,48-49,57-58,62-65H,5-22,24-27H2,1-4H3,(H,51,61)(H,52,66)(H,53,59)(H,67,68)(H,69,70,71)/t28?,31?,32?,35-,36+,37+,39?,40-,41+,42+,43?,44-,45?,48-,49+,50?/m1/s1. The number of aliphatic hydroxyl groups excluding tert-OH is 6. The molecule has 16 atom stereocenters. The van der Waals surface area contributed by atoms with E-state index < -0.39 is 145 Å². The van der Waals surface area contributed by atoms with Crippen LogP contribution in [0.4, 0.5) is 0 Å². The Morgan fingerprint density at radius 1 is 0.864 bits per heavy atom. The highest BCUT2D eigenvalue weighted by Crippen LogP contribution is 2.40. The lowest BCUT2D eigenvalue weighted by atomic mass is 9.74. The highest BCUT2D eigenvalue weighted by Gasteiger charge is 2.53. The fourth-order valence-electron chi connectivity index (χ4n) is 10.6. The molecule has 2 saturated heterocycles. The summed E-state index contributed by atoms with van der Waals surface area (Å²) in [4.78, 5) is 64.8. The maximum Gasteiger partial charge on any atom is 0.397 e. The molecule has 0 aromatic carbocycles. The zero-order valence-electron chi connectivity index (χ0n) is 46.2. The quantitative estimate of drug-likeness (QED) is 0.0250. The Morgan fingerprint density at radius 2 is 1.58 bits per heavy atom. The second kappa shape index (κ2) is 32.9. The average molecular weight is 1190 g/mol. The van der Waals surface area contributed by atoms with Gasteiger partial charge in [-0.25, -0.2) is 13.7 Å². The summed E-state index contributed by atoms with van der Waals surface area (Å²) >= 11 is 0. The maximum atomic E-state index is 14.1. The monoisotopic (exact) mass is 1180 g/mol. The van der Waals surface area contributed by atoms with Crippen LogP contribution in [0.25, 0.3) is 0 Å². The van der Waals surface area contributed by atoms with Crippen LogP contribution in [0.15, 0.2) is 6.20 Å². The van der Waals surface area contributed by atoms with Gasteiger partial charge in [0, 0.05) is 45.9 Å². The molecule has 31 heteroatoms. The van der Waals surface area contributed by atoms with E-state index in [1.165, 1.54) is 21.0 Å². The van der Waals surface area contributed by atoms with Crippen LogP contribution >= 0.6 is 0 Å². The van der Waals surface area contributed by atoms with E-state index >= 15 is 0 Å². The predicted octanol–water partition coefficient (Wildman–Crippen LogP) is -2.52. The molecular weight excluding hydrogens is 1100 g/mol.